The van der Waals surface area contributed by atoms with Crippen LogP contribution in [0.4, 0.5) is 0 Å². The molecule has 0 aromatic heterocycles. The van der Waals surface area contributed by atoms with Crippen LogP contribution in [0.1, 0.15) is 38.3 Å². The van der Waals surface area contributed by atoms with Gasteiger partial charge in [-0.1, -0.05) is 51.1 Å². The Morgan fingerprint density at radius 3 is 2.27 bits per heavy atom. The number of hydrogen-bond donors (Lipinski definition) is 0. The summed E-state index contributed by atoms with van der Waals surface area (Å²) in [7, 11) is 0. The molecule has 0 N–H and O–H groups in total. The van der Waals surface area contributed by atoms with Crippen LogP contribution in [0.5, 0.6) is 0 Å². The van der Waals surface area contributed by atoms with E-state index in [-0.39, 0.29) is 5.41 Å². The maximum atomic E-state index is 10.2. The molecule has 0 heterocycles. The van der Waals surface area contributed by atoms with E-state index in [1.54, 1.807) is 0 Å². The third-order valence-corrected chi connectivity index (χ3v) is 2.94. The second kappa shape index (κ2) is 4.92. The molecule has 80 valence electrons. The van der Waals surface area contributed by atoms with Gasteiger partial charge in [0.2, 0.25) is 0 Å². The lowest BCUT2D eigenvalue weighted by molar-refractivity contribution is -0.104. The second-order valence-electron chi connectivity index (χ2n) is 4.35. The Bertz CT molecular complexity index is 344. The standard InChI is InChI=1S/C14H18O/c1-4-14(2,3)13-9-7-12(8-10-13)6-5-11-15/h5-11H,4H2,1-3H3/b6-5+. The van der Waals surface area contributed by atoms with Gasteiger partial charge in [-0.2, -0.15) is 0 Å². The predicted molar refractivity (Wildman–Crippen MR) is 64.9 cm³/mol. The highest BCUT2D eigenvalue weighted by Crippen LogP contribution is 2.26. The summed E-state index contributed by atoms with van der Waals surface area (Å²) in [4.78, 5) is 10.2. The zero-order chi connectivity index (χ0) is 11.3. The molecule has 0 aliphatic carbocycles. The van der Waals surface area contributed by atoms with Crippen LogP contribution in [0.3, 0.4) is 0 Å². The molecule has 1 aromatic carbocycles. The van der Waals surface area contributed by atoms with E-state index >= 15 is 0 Å². The van der Waals surface area contributed by atoms with Crippen LogP contribution in [0.2, 0.25) is 0 Å². The number of carbonyl (C=O) groups is 1. The van der Waals surface area contributed by atoms with Gasteiger partial charge < -0.3 is 0 Å². The Morgan fingerprint density at radius 2 is 1.80 bits per heavy atom. The van der Waals surface area contributed by atoms with Gasteiger partial charge >= 0.3 is 0 Å². The number of benzene rings is 1. The molecule has 0 saturated heterocycles. The molecule has 1 rings (SSSR count). The van der Waals surface area contributed by atoms with Crippen molar-refractivity contribution in [1.82, 2.24) is 0 Å². The fourth-order valence-corrected chi connectivity index (χ4v) is 1.40. The number of aldehydes is 1. The lowest BCUT2D eigenvalue weighted by Crippen LogP contribution is -2.14. The summed E-state index contributed by atoms with van der Waals surface area (Å²) in [6, 6.07) is 8.36. The monoisotopic (exact) mass is 202 g/mol. The van der Waals surface area contributed by atoms with Crippen LogP contribution in [0.15, 0.2) is 30.3 Å². The van der Waals surface area contributed by atoms with Gasteiger partial charge in [0, 0.05) is 0 Å². The molecule has 0 aliphatic heterocycles. The molecule has 0 fully saturated rings. The van der Waals surface area contributed by atoms with E-state index < -0.39 is 0 Å². The molecule has 15 heavy (non-hydrogen) atoms. The predicted octanol–water partition coefficient (Wildman–Crippen LogP) is 3.59. The van der Waals surface area contributed by atoms with E-state index in [0.29, 0.717) is 0 Å². The second-order valence-corrected chi connectivity index (χ2v) is 4.35. The van der Waals surface area contributed by atoms with Crippen molar-refractivity contribution in [1.29, 1.82) is 0 Å². The van der Waals surface area contributed by atoms with Gasteiger partial charge in [0.1, 0.15) is 6.29 Å². The van der Waals surface area contributed by atoms with E-state index in [2.05, 4.69) is 32.9 Å². The van der Waals surface area contributed by atoms with Crippen LogP contribution >= 0.6 is 0 Å². The highest BCUT2D eigenvalue weighted by molar-refractivity contribution is 5.73. The van der Waals surface area contributed by atoms with Gasteiger partial charge in [-0.25, -0.2) is 0 Å². The first-order valence-corrected chi connectivity index (χ1v) is 5.32. The molecule has 0 spiro atoms. The van der Waals surface area contributed by atoms with Gasteiger partial charge in [0.05, 0.1) is 0 Å². The minimum Gasteiger partial charge on any atom is -0.299 e. The molecule has 1 aromatic rings. The smallest absolute Gasteiger partial charge is 0.142 e. The number of hydrogen-bond acceptors (Lipinski definition) is 1. The summed E-state index contributed by atoms with van der Waals surface area (Å²) in [5.41, 5.74) is 2.64. The zero-order valence-corrected chi connectivity index (χ0v) is 9.66. The van der Waals surface area contributed by atoms with E-state index in [1.807, 2.05) is 18.2 Å². The topological polar surface area (TPSA) is 17.1 Å². The summed E-state index contributed by atoms with van der Waals surface area (Å²) >= 11 is 0. The first-order chi connectivity index (χ1) is 7.10. The van der Waals surface area contributed by atoms with E-state index in [4.69, 9.17) is 0 Å². The molecule has 0 atom stereocenters. The maximum Gasteiger partial charge on any atom is 0.142 e. The Labute approximate surface area is 91.8 Å². The van der Waals surface area contributed by atoms with Gasteiger partial charge in [0.25, 0.3) is 0 Å². The van der Waals surface area contributed by atoms with E-state index in [9.17, 15) is 4.79 Å². The summed E-state index contributed by atoms with van der Waals surface area (Å²) in [6.07, 6.45) is 5.25. The van der Waals surface area contributed by atoms with Gasteiger partial charge in [-0.05, 0) is 29.0 Å². The highest BCUT2D eigenvalue weighted by atomic mass is 16.1. The third-order valence-electron chi connectivity index (χ3n) is 2.94. The number of allylic oxidation sites excluding steroid dienone is 1. The van der Waals surface area contributed by atoms with Gasteiger partial charge in [-0.3, -0.25) is 4.79 Å². The summed E-state index contributed by atoms with van der Waals surface area (Å²) in [5.74, 6) is 0. The van der Waals surface area contributed by atoms with Crippen molar-refractivity contribution in [2.45, 2.75) is 32.6 Å². The fourth-order valence-electron chi connectivity index (χ4n) is 1.40. The Kier molecular flexibility index (Phi) is 3.84. The van der Waals surface area contributed by atoms with Crippen LogP contribution < -0.4 is 0 Å². The normalized spacial score (nSPS) is 11.9. The Hall–Kier alpha value is -1.37. The largest absolute Gasteiger partial charge is 0.299 e. The van der Waals surface area contributed by atoms with E-state index in [1.165, 1.54) is 11.6 Å². The highest BCUT2D eigenvalue weighted by Gasteiger charge is 2.16. The van der Waals surface area contributed by atoms with Crippen molar-refractivity contribution in [3.63, 3.8) is 0 Å². The zero-order valence-electron chi connectivity index (χ0n) is 9.66. The quantitative estimate of drug-likeness (QED) is 0.538. The van der Waals surface area contributed by atoms with Gasteiger partial charge in [-0.15, -0.1) is 0 Å². The van der Waals surface area contributed by atoms with Crippen LogP contribution in [0, 0.1) is 0 Å². The lowest BCUT2D eigenvalue weighted by Gasteiger charge is -2.23. The maximum absolute atomic E-state index is 10.2. The average molecular weight is 202 g/mol. The molecular formula is C14H18O. The Morgan fingerprint density at radius 1 is 1.20 bits per heavy atom. The minimum atomic E-state index is 0.229. The molecule has 0 amide bonds. The first kappa shape index (κ1) is 11.7. The van der Waals surface area contributed by atoms with Crippen molar-refractivity contribution in [3.05, 3.63) is 41.5 Å². The van der Waals surface area contributed by atoms with Crippen molar-refractivity contribution in [3.8, 4) is 0 Å². The molecule has 0 saturated carbocycles. The van der Waals surface area contributed by atoms with Crippen molar-refractivity contribution in [2.75, 3.05) is 0 Å². The van der Waals surface area contributed by atoms with Crippen molar-refractivity contribution < 1.29 is 4.79 Å². The molecule has 0 bridgehead atoms. The first-order valence-electron chi connectivity index (χ1n) is 5.32. The molecule has 0 unspecified atom stereocenters. The van der Waals surface area contributed by atoms with E-state index in [0.717, 1.165) is 18.3 Å². The summed E-state index contributed by atoms with van der Waals surface area (Å²) in [5, 5.41) is 0. The van der Waals surface area contributed by atoms with Crippen molar-refractivity contribution >= 4 is 12.4 Å². The molecule has 0 radical (unpaired) electrons. The molecule has 1 heteroatoms. The fraction of sp³-hybridized carbons (Fsp3) is 0.357. The average Bonchev–Trinajstić information content (AvgIpc) is 2.27. The van der Waals surface area contributed by atoms with Crippen molar-refractivity contribution in [2.24, 2.45) is 0 Å². The minimum absolute atomic E-state index is 0.229. The number of rotatable bonds is 4. The summed E-state index contributed by atoms with van der Waals surface area (Å²) in [6.45, 7) is 6.67. The summed E-state index contributed by atoms with van der Waals surface area (Å²) < 4.78 is 0. The van der Waals surface area contributed by atoms with Crippen LogP contribution in [0.25, 0.3) is 6.08 Å². The lowest BCUT2D eigenvalue weighted by atomic mass is 9.82. The third kappa shape index (κ3) is 3.05. The Balaban J connectivity index is 2.90. The molecule has 0 aliphatic rings. The van der Waals surface area contributed by atoms with Gasteiger partial charge in [0.15, 0.2) is 0 Å². The van der Waals surface area contributed by atoms with Crippen LogP contribution in [-0.2, 0) is 10.2 Å². The SMILES string of the molecule is CCC(C)(C)c1ccc(/C=C/C=O)cc1. The van der Waals surface area contributed by atoms with Crippen LogP contribution in [-0.4, -0.2) is 6.29 Å². The number of carbonyl (C=O) groups excluding carboxylic acids is 1. The molecule has 1 nitrogen and oxygen atoms in total. The molecular weight excluding hydrogens is 184 g/mol.